The van der Waals surface area contributed by atoms with E-state index >= 15 is 0 Å². The van der Waals surface area contributed by atoms with E-state index in [0.29, 0.717) is 0 Å². The van der Waals surface area contributed by atoms with Crippen LogP contribution in [0.15, 0.2) is 12.7 Å². The van der Waals surface area contributed by atoms with Crippen molar-refractivity contribution in [3.05, 3.63) is 12.7 Å². The van der Waals surface area contributed by atoms with Crippen molar-refractivity contribution in [1.29, 1.82) is 0 Å². The Hall–Kier alpha value is -0.830. The van der Waals surface area contributed by atoms with Gasteiger partial charge in [0.1, 0.15) is 0 Å². The van der Waals surface area contributed by atoms with Gasteiger partial charge in [0.05, 0.1) is 7.11 Å². The zero-order valence-corrected chi connectivity index (χ0v) is 4.63. The molecule has 0 aliphatic heterocycles. The minimum absolute atomic E-state index is 0.681. The van der Waals surface area contributed by atoms with Gasteiger partial charge in [0, 0.05) is 0 Å². The molecule has 0 aromatic rings. The minimum atomic E-state index is -1.18. The van der Waals surface area contributed by atoms with Gasteiger partial charge in [-0.15, -0.1) is 0 Å². The molecule has 0 spiro atoms. The van der Waals surface area contributed by atoms with E-state index in [0.717, 1.165) is 6.08 Å². The summed E-state index contributed by atoms with van der Waals surface area (Å²) < 4.78 is 4.14. The lowest BCUT2D eigenvalue weighted by molar-refractivity contribution is -0.147. The summed E-state index contributed by atoms with van der Waals surface area (Å²) >= 11 is 0. The van der Waals surface area contributed by atoms with E-state index in [1.807, 2.05) is 0 Å². The van der Waals surface area contributed by atoms with Crippen LogP contribution in [0.1, 0.15) is 0 Å². The third-order valence-corrected chi connectivity index (χ3v) is 0.666. The smallest absolute Gasteiger partial charge is 0.338 e. The zero-order chi connectivity index (χ0) is 6.57. The predicted molar refractivity (Wildman–Crippen MR) is 28.2 cm³/mol. The summed E-state index contributed by atoms with van der Waals surface area (Å²) in [5.74, 6) is -0.681. The van der Waals surface area contributed by atoms with Crippen molar-refractivity contribution in [3.63, 3.8) is 0 Å². The van der Waals surface area contributed by atoms with Crippen LogP contribution < -0.4 is 0 Å². The zero-order valence-electron chi connectivity index (χ0n) is 4.63. The maximum Gasteiger partial charge on any atom is 0.338 e. The number of carbonyl (C=O) groups excluding carboxylic acids is 1. The minimum Gasteiger partial charge on any atom is -0.467 e. The molecule has 0 saturated heterocycles. The molecule has 0 rings (SSSR count). The third kappa shape index (κ3) is 1.75. The second-order valence-corrected chi connectivity index (χ2v) is 1.20. The Balaban J connectivity index is 3.62. The van der Waals surface area contributed by atoms with Gasteiger partial charge < -0.3 is 9.84 Å². The van der Waals surface area contributed by atoms with Gasteiger partial charge in [-0.25, -0.2) is 4.79 Å². The Morgan fingerprint density at radius 3 is 2.62 bits per heavy atom. The molecule has 0 amide bonds. The van der Waals surface area contributed by atoms with Gasteiger partial charge in [0.25, 0.3) is 0 Å². The van der Waals surface area contributed by atoms with Crippen LogP contribution in [0.3, 0.4) is 0 Å². The number of hydrogen-bond donors (Lipinski definition) is 1. The van der Waals surface area contributed by atoms with E-state index in [9.17, 15) is 4.79 Å². The lowest BCUT2D eigenvalue weighted by Crippen LogP contribution is -2.18. The Morgan fingerprint density at radius 1 is 2.00 bits per heavy atom. The first-order valence-corrected chi connectivity index (χ1v) is 2.10. The number of aliphatic hydroxyl groups excluding tert-OH is 1. The molecular formula is C5H8O3. The third-order valence-electron chi connectivity index (χ3n) is 0.666. The molecular weight excluding hydrogens is 108 g/mol. The van der Waals surface area contributed by atoms with Crippen molar-refractivity contribution in [1.82, 2.24) is 0 Å². The number of esters is 1. The van der Waals surface area contributed by atoms with Gasteiger partial charge >= 0.3 is 5.97 Å². The molecule has 1 atom stereocenters. The van der Waals surface area contributed by atoms with Crippen molar-refractivity contribution in [2.45, 2.75) is 6.10 Å². The first-order valence-electron chi connectivity index (χ1n) is 2.10. The summed E-state index contributed by atoms with van der Waals surface area (Å²) in [7, 11) is 1.20. The maximum atomic E-state index is 10.2. The molecule has 0 heterocycles. The first kappa shape index (κ1) is 7.17. The summed E-state index contributed by atoms with van der Waals surface area (Å²) in [6.07, 6.45) is -0.0775. The lowest BCUT2D eigenvalue weighted by Gasteiger charge is -1.98. The fraction of sp³-hybridized carbons (Fsp3) is 0.400. The molecule has 0 aromatic carbocycles. The van der Waals surface area contributed by atoms with Gasteiger partial charge in [0.2, 0.25) is 0 Å². The normalized spacial score (nSPS) is 12.2. The second kappa shape index (κ2) is 3.21. The Bertz CT molecular complexity index is 97.8. The van der Waals surface area contributed by atoms with Crippen molar-refractivity contribution in [3.8, 4) is 0 Å². The molecule has 0 saturated carbocycles. The van der Waals surface area contributed by atoms with Gasteiger partial charge in [-0.1, -0.05) is 12.7 Å². The largest absolute Gasteiger partial charge is 0.467 e. The van der Waals surface area contributed by atoms with Crippen molar-refractivity contribution in [2.75, 3.05) is 7.11 Å². The highest BCUT2D eigenvalue weighted by Gasteiger charge is 2.08. The molecule has 0 aliphatic carbocycles. The Kier molecular flexibility index (Phi) is 2.88. The number of methoxy groups -OCH3 is 1. The highest BCUT2D eigenvalue weighted by atomic mass is 16.5. The number of hydrogen-bond acceptors (Lipinski definition) is 3. The fourth-order valence-electron chi connectivity index (χ4n) is 0.217. The molecule has 0 aromatic heterocycles. The van der Waals surface area contributed by atoms with Crippen molar-refractivity contribution in [2.24, 2.45) is 0 Å². The molecule has 1 N–H and O–H groups in total. The molecule has 0 radical (unpaired) electrons. The van der Waals surface area contributed by atoms with Crippen molar-refractivity contribution < 1.29 is 14.6 Å². The average molecular weight is 116 g/mol. The summed E-state index contributed by atoms with van der Waals surface area (Å²) in [5.41, 5.74) is 0. The fourth-order valence-corrected chi connectivity index (χ4v) is 0.217. The molecule has 0 fully saturated rings. The van der Waals surface area contributed by atoms with Crippen LogP contribution in [0.2, 0.25) is 0 Å². The van der Waals surface area contributed by atoms with Crippen molar-refractivity contribution >= 4 is 5.97 Å². The second-order valence-electron chi connectivity index (χ2n) is 1.20. The average Bonchev–Trinajstić information content (AvgIpc) is 1.84. The molecule has 46 valence electrons. The van der Waals surface area contributed by atoms with E-state index in [1.165, 1.54) is 7.11 Å². The molecule has 1 unspecified atom stereocenters. The molecule has 3 nitrogen and oxygen atoms in total. The van der Waals surface area contributed by atoms with E-state index in [-0.39, 0.29) is 0 Å². The molecule has 0 bridgehead atoms. The van der Waals surface area contributed by atoms with E-state index < -0.39 is 12.1 Å². The van der Waals surface area contributed by atoms with E-state index in [4.69, 9.17) is 5.11 Å². The highest BCUT2D eigenvalue weighted by Crippen LogP contribution is 1.85. The topological polar surface area (TPSA) is 46.5 Å². The first-order chi connectivity index (χ1) is 3.72. The van der Waals surface area contributed by atoms with Gasteiger partial charge in [0.15, 0.2) is 6.10 Å². The molecule has 0 aliphatic rings. The number of rotatable bonds is 2. The quantitative estimate of drug-likeness (QED) is 0.398. The van der Waals surface area contributed by atoms with Crippen LogP contribution in [0.5, 0.6) is 0 Å². The van der Waals surface area contributed by atoms with Crippen LogP contribution >= 0.6 is 0 Å². The number of carbonyl (C=O) groups is 1. The van der Waals surface area contributed by atoms with Crippen LogP contribution in [-0.4, -0.2) is 24.3 Å². The summed E-state index contributed by atoms with van der Waals surface area (Å²) in [4.78, 5) is 10.2. The SMILES string of the molecule is C=CC(O)C(=O)OC. The van der Waals surface area contributed by atoms with Gasteiger partial charge in [-0.3, -0.25) is 0 Å². The van der Waals surface area contributed by atoms with Crippen LogP contribution in [0, 0.1) is 0 Å². The summed E-state index contributed by atoms with van der Waals surface area (Å²) in [6.45, 7) is 3.18. The van der Waals surface area contributed by atoms with Gasteiger partial charge in [-0.2, -0.15) is 0 Å². The van der Waals surface area contributed by atoms with Crippen LogP contribution in [-0.2, 0) is 9.53 Å². The van der Waals surface area contributed by atoms with E-state index in [2.05, 4.69) is 11.3 Å². The van der Waals surface area contributed by atoms with Crippen LogP contribution in [0.4, 0.5) is 0 Å². The standard InChI is InChI=1S/C5H8O3/c1-3-4(6)5(7)8-2/h3-4,6H,1H2,2H3. The van der Waals surface area contributed by atoms with E-state index in [1.54, 1.807) is 0 Å². The molecule has 3 heteroatoms. The van der Waals surface area contributed by atoms with Gasteiger partial charge in [-0.05, 0) is 0 Å². The summed E-state index contributed by atoms with van der Waals surface area (Å²) in [5, 5.41) is 8.53. The molecule has 8 heavy (non-hydrogen) atoms. The lowest BCUT2D eigenvalue weighted by atomic mass is 10.4. The number of ether oxygens (including phenoxy) is 1. The highest BCUT2D eigenvalue weighted by molar-refractivity contribution is 5.76. The predicted octanol–water partition coefficient (Wildman–Crippen LogP) is -0.294. The van der Waals surface area contributed by atoms with Crippen LogP contribution in [0.25, 0.3) is 0 Å². The number of aliphatic hydroxyl groups is 1. The Labute approximate surface area is 47.6 Å². The summed E-state index contributed by atoms with van der Waals surface area (Å²) in [6, 6.07) is 0. The maximum absolute atomic E-state index is 10.2. The monoisotopic (exact) mass is 116 g/mol. The Morgan fingerprint density at radius 2 is 2.50 bits per heavy atom.